The van der Waals surface area contributed by atoms with Gasteiger partial charge in [0.2, 0.25) is 0 Å². The summed E-state index contributed by atoms with van der Waals surface area (Å²) < 4.78 is 0. The zero-order valence-electron chi connectivity index (χ0n) is 9.60. The fourth-order valence-corrected chi connectivity index (χ4v) is 2.55. The Morgan fingerprint density at radius 2 is 2.06 bits per heavy atom. The minimum Gasteiger partial charge on any atom is -0.256 e. The summed E-state index contributed by atoms with van der Waals surface area (Å²) in [6.45, 7) is 4.30. The second-order valence-corrected chi connectivity index (χ2v) is 4.95. The van der Waals surface area contributed by atoms with E-state index in [1.807, 2.05) is 30.1 Å². The summed E-state index contributed by atoms with van der Waals surface area (Å²) in [6.07, 6.45) is 1.84. The van der Waals surface area contributed by atoms with Crippen molar-refractivity contribution in [2.24, 2.45) is 0 Å². The molecule has 2 heteroatoms. The van der Waals surface area contributed by atoms with E-state index in [1.54, 1.807) is 0 Å². The molecule has 82 valence electrons. The summed E-state index contributed by atoms with van der Waals surface area (Å²) in [4.78, 5) is 5.73. The minimum atomic E-state index is 1.05. The normalized spacial score (nSPS) is 10.4. The maximum atomic E-state index is 4.41. The Morgan fingerprint density at radius 1 is 1.19 bits per heavy atom. The van der Waals surface area contributed by atoms with Crippen LogP contribution in [0.4, 0.5) is 0 Å². The molecule has 1 aromatic heterocycles. The number of nitrogens with zero attached hydrogens (tertiary/aromatic N) is 1. The molecule has 2 rings (SSSR count). The van der Waals surface area contributed by atoms with Crippen LogP contribution in [0.2, 0.25) is 0 Å². The number of benzene rings is 1. The van der Waals surface area contributed by atoms with Gasteiger partial charge < -0.3 is 0 Å². The van der Waals surface area contributed by atoms with Crippen LogP contribution in [-0.4, -0.2) is 10.7 Å². The van der Waals surface area contributed by atoms with Gasteiger partial charge in [-0.05, 0) is 36.4 Å². The minimum absolute atomic E-state index is 1.05. The Bertz CT molecular complexity index is 465. The highest BCUT2D eigenvalue weighted by molar-refractivity contribution is 7.99. The van der Waals surface area contributed by atoms with Crippen molar-refractivity contribution in [1.29, 1.82) is 0 Å². The van der Waals surface area contributed by atoms with E-state index in [9.17, 15) is 0 Å². The standard InChI is InChI=1S/C14H15NS/c1-3-16-14-10-11(2)7-8-12(14)13-6-4-5-9-15-13/h4-10H,3H2,1-2H3. The van der Waals surface area contributed by atoms with Crippen molar-refractivity contribution in [2.45, 2.75) is 18.7 Å². The van der Waals surface area contributed by atoms with Crippen LogP contribution in [0.25, 0.3) is 11.3 Å². The molecule has 0 atom stereocenters. The second kappa shape index (κ2) is 5.17. The van der Waals surface area contributed by atoms with Crippen LogP contribution in [0.1, 0.15) is 12.5 Å². The molecule has 0 aliphatic rings. The zero-order valence-corrected chi connectivity index (χ0v) is 10.4. The number of hydrogen-bond donors (Lipinski definition) is 0. The number of rotatable bonds is 3. The van der Waals surface area contributed by atoms with E-state index in [-0.39, 0.29) is 0 Å². The number of aromatic nitrogens is 1. The number of hydrogen-bond acceptors (Lipinski definition) is 2. The van der Waals surface area contributed by atoms with Crippen molar-refractivity contribution in [3.05, 3.63) is 48.2 Å². The number of pyridine rings is 1. The van der Waals surface area contributed by atoms with Gasteiger partial charge in [-0.1, -0.05) is 25.1 Å². The van der Waals surface area contributed by atoms with Gasteiger partial charge in [0, 0.05) is 16.7 Å². The molecule has 0 radical (unpaired) electrons. The first-order chi connectivity index (χ1) is 7.81. The molecule has 0 amide bonds. The molecule has 0 bridgehead atoms. The van der Waals surface area contributed by atoms with Crippen molar-refractivity contribution in [3.63, 3.8) is 0 Å². The molecule has 0 fully saturated rings. The van der Waals surface area contributed by atoms with Crippen molar-refractivity contribution < 1.29 is 0 Å². The Hall–Kier alpha value is -1.28. The third-order valence-electron chi connectivity index (χ3n) is 2.38. The third kappa shape index (κ3) is 2.45. The summed E-state index contributed by atoms with van der Waals surface area (Å²) in [7, 11) is 0. The van der Waals surface area contributed by atoms with E-state index in [1.165, 1.54) is 16.0 Å². The van der Waals surface area contributed by atoms with Crippen LogP contribution in [0, 0.1) is 6.92 Å². The van der Waals surface area contributed by atoms with E-state index in [0.29, 0.717) is 0 Å². The summed E-state index contributed by atoms with van der Waals surface area (Å²) >= 11 is 1.87. The molecule has 1 heterocycles. The first-order valence-corrected chi connectivity index (χ1v) is 6.44. The quantitative estimate of drug-likeness (QED) is 0.733. The van der Waals surface area contributed by atoms with Crippen molar-refractivity contribution in [2.75, 3.05) is 5.75 Å². The van der Waals surface area contributed by atoms with Crippen LogP contribution < -0.4 is 0 Å². The van der Waals surface area contributed by atoms with Crippen LogP contribution >= 0.6 is 11.8 Å². The molecule has 0 spiro atoms. The van der Waals surface area contributed by atoms with Gasteiger partial charge in [-0.15, -0.1) is 11.8 Å². The lowest BCUT2D eigenvalue weighted by atomic mass is 10.1. The van der Waals surface area contributed by atoms with Gasteiger partial charge in [-0.3, -0.25) is 4.98 Å². The molecule has 0 saturated heterocycles. The van der Waals surface area contributed by atoms with Gasteiger partial charge in [0.15, 0.2) is 0 Å². The van der Waals surface area contributed by atoms with E-state index >= 15 is 0 Å². The first kappa shape index (κ1) is 11.2. The van der Waals surface area contributed by atoms with Gasteiger partial charge in [0.05, 0.1) is 5.69 Å². The van der Waals surface area contributed by atoms with Gasteiger partial charge in [-0.2, -0.15) is 0 Å². The summed E-state index contributed by atoms with van der Waals surface area (Å²) in [6, 6.07) is 12.6. The molecular weight excluding hydrogens is 214 g/mol. The summed E-state index contributed by atoms with van der Waals surface area (Å²) in [5, 5.41) is 0. The Labute approximate surface area is 101 Å². The second-order valence-electron chi connectivity index (χ2n) is 3.65. The molecule has 16 heavy (non-hydrogen) atoms. The van der Waals surface area contributed by atoms with Crippen molar-refractivity contribution in [3.8, 4) is 11.3 Å². The predicted molar refractivity (Wildman–Crippen MR) is 70.8 cm³/mol. The highest BCUT2D eigenvalue weighted by atomic mass is 32.2. The van der Waals surface area contributed by atoms with E-state index in [2.05, 4.69) is 43.1 Å². The largest absolute Gasteiger partial charge is 0.256 e. The molecule has 0 N–H and O–H groups in total. The number of thioether (sulfide) groups is 1. The molecule has 0 aliphatic heterocycles. The van der Waals surface area contributed by atoms with E-state index < -0.39 is 0 Å². The lowest BCUT2D eigenvalue weighted by molar-refractivity contribution is 1.27. The predicted octanol–water partition coefficient (Wildman–Crippen LogP) is 4.17. The lowest BCUT2D eigenvalue weighted by Crippen LogP contribution is -1.87. The SMILES string of the molecule is CCSc1cc(C)ccc1-c1ccccn1. The first-order valence-electron chi connectivity index (χ1n) is 5.46. The van der Waals surface area contributed by atoms with Crippen LogP contribution in [0.5, 0.6) is 0 Å². The summed E-state index contributed by atoms with van der Waals surface area (Å²) in [5.74, 6) is 1.09. The maximum Gasteiger partial charge on any atom is 0.0713 e. The highest BCUT2D eigenvalue weighted by Gasteiger charge is 2.05. The average molecular weight is 229 g/mol. The number of aryl methyl sites for hydroxylation is 1. The fraction of sp³-hybridized carbons (Fsp3) is 0.214. The van der Waals surface area contributed by atoms with Crippen molar-refractivity contribution >= 4 is 11.8 Å². The Balaban J connectivity index is 2.48. The smallest absolute Gasteiger partial charge is 0.0713 e. The van der Waals surface area contributed by atoms with Gasteiger partial charge in [0.25, 0.3) is 0 Å². The fourth-order valence-electron chi connectivity index (χ4n) is 1.64. The molecule has 1 nitrogen and oxygen atoms in total. The Morgan fingerprint density at radius 3 is 2.75 bits per heavy atom. The molecule has 1 aromatic carbocycles. The molecular formula is C14H15NS. The van der Waals surface area contributed by atoms with E-state index in [0.717, 1.165) is 11.4 Å². The molecule has 0 aliphatic carbocycles. The molecule has 0 unspecified atom stereocenters. The van der Waals surface area contributed by atoms with Gasteiger partial charge in [0.1, 0.15) is 0 Å². The third-order valence-corrected chi connectivity index (χ3v) is 3.32. The van der Waals surface area contributed by atoms with E-state index in [4.69, 9.17) is 0 Å². The van der Waals surface area contributed by atoms with Crippen LogP contribution in [-0.2, 0) is 0 Å². The maximum absolute atomic E-state index is 4.41. The van der Waals surface area contributed by atoms with Crippen LogP contribution in [0.3, 0.4) is 0 Å². The Kier molecular flexibility index (Phi) is 3.62. The summed E-state index contributed by atoms with van der Waals surface area (Å²) in [5.41, 5.74) is 3.59. The average Bonchev–Trinajstić information content (AvgIpc) is 2.31. The molecule has 0 saturated carbocycles. The van der Waals surface area contributed by atoms with Gasteiger partial charge >= 0.3 is 0 Å². The van der Waals surface area contributed by atoms with Gasteiger partial charge in [-0.25, -0.2) is 0 Å². The van der Waals surface area contributed by atoms with Crippen LogP contribution in [0.15, 0.2) is 47.5 Å². The molecule has 2 aromatic rings. The highest BCUT2D eigenvalue weighted by Crippen LogP contribution is 2.30. The monoisotopic (exact) mass is 229 g/mol. The topological polar surface area (TPSA) is 12.9 Å². The van der Waals surface area contributed by atoms with Crippen molar-refractivity contribution in [1.82, 2.24) is 4.98 Å². The lowest BCUT2D eigenvalue weighted by Gasteiger charge is -2.08. The zero-order chi connectivity index (χ0) is 11.4.